The molecule has 1 N–H and O–H groups in total. The monoisotopic (exact) mass is 261 g/mol. The summed E-state index contributed by atoms with van der Waals surface area (Å²) in [6.45, 7) is 0. The van der Waals surface area contributed by atoms with Crippen LogP contribution >= 0.6 is 0 Å². The van der Waals surface area contributed by atoms with Crippen LogP contribution in [0.25, 0.3) is 27.8 Å². The number of nitrogens with zero attached hydrogens (tertiary/aromatic N) is 2. The second-order valence-corrected chi connectivity index (χ2v) is 4.64. The molecule has 0 atom stereocenters. The fourth-order valence-corrected chi connectivity index (χ4v) is 2.60. The topological polar surface area (TPSA) is 50.2 Å². The van der Waals surface area contributed by atoms with Crippen molar-refractivity contribution in [3.8, 4) is 11.4 Å². The molecular weight excluding hydrogens is 250 g/mol. The van der Waals surface area contributed by atoms with Crippen LogP contribution in [0.2, 0.25) is 0 Å². The van der Waals surface area contributed by atoms with E-state index in [9.17, 15) is 4.79 Å². The summed E-state index contributed by atoms with van der Waals surface area (Å²) in [5.74, 6) is 0.778. The van der Waals surface area contributed by atoms with Crippen LogP contribution in [0.5, 0.6) is 0 Å². The summed E-state index contributed by atoms with van der Waals surface area (Å²) >= 11 is 0. The molecule has 0 saturated heterocycles. The Balaban J connectivity index is 2.10. The Labute approximate surface area is 114 Å². The van der Waals surface area contributed by atoms with Crippen molar-refractivity contribution in [1.82, 2.24) is 14.4 Å². The Morgan fingerprint density at radius 3 is 2.85 bits per heavy atom. The number of aromatic nitrogens is 3. The summed E-state index contributed by atoms with van der Waals surface area (Å²) in [6, 6.07) is 13.8. The van der Waals surface area contributed by atoms with E-state index >= 15 is 0 Å². The number of rotatable bonds is 2. The van der Waals surface area contributed by atoms with E-state index in [0.717, 1.165) is 34.1 Å². The number of carbonyl (C=O) groups excluding carboxylic acids is 1. The number of aromatic amines is 1. The van der Waals surface area contributed by atoms with Gasteiger partial charge >= 0.3 is 0 Å². The number of imidazole rings is 1. The lowest BCUT2D eigenvalue weighted by Gasteiger charge is -1.99. The van der Waals surface area contributed by atoms with Crippen molar-refractivity contribution in [2.24, 2.45) is 0 Å². The van der Waals surface area contributed by atoms with Crippen LogP contribution in [0, 0.1) is 0 Å². The molecule has 4 heteroatoms. The van der Waals surface area contributed by atoms with Gasteiger partial charge in [-0.3, -0.25) is 9.20 Å². The van der Waals surface area contributed by atoms with Crippen LogP contribution < -0.4 is 0 Å². The first kappa shape index (κ1) is 11.0. The van der Waals surface area contributed by atoms with E-state index in [2.05, 4.69) is 9.97 Å². The molecule has 20 heavy (non-hydrogen) atoms. The standard InChI is InChI=1S/C16H11N3O/c20-10-14-15-7-3-4-8-19(15)16(18-14)12-9-17-13-6-2-1-5-11(12)13/h1-10,17H. The summed E-state index contributed by atoms with van der Waals surface area (Å²) in [4.78, 5) is 18.9. The average Bonchev–Trinajstić information content (AvgIpc) is 3.08. The van der Waals surface area contributed by atoms with Crippen molar-refractivity contribution >= 4 is 22.7 Å². The Bertz CT molecular complexity index is 933. The van der Waals surface area contributed by atoms with E-state index in [4.69, 9.17) is 0 Å². The van der Waals surface area contributed by atoms with E-state index in [-0.39, 0.29) is 0 Å². The third kappa shape index (κ3) is 1.42. The summed E-state index contributed by atoms with van der Waals surface area (Å²) in [7, 11) is 0. The van der Waals surface area contributed by atoms with Gasteiger partial charge in [0.2, 0.25) is 0 Å². The van der Waals surface area contributed by atoms with Crippen LogP contribution in [0.15, 0.2) is 54.9 Å². The van der Waals surface area contributed by atoms with Crippen molar-refractivity contribution in [3.05, 3.63) is 60.6 Å². The van der Waals surface area contributed by atoms with Crippen LogP contribution in [0.3, 0.4) is 0 Å². The predicted octanol–water partition coefficient (Wildman–Crippen LogP) is 3.30. The zero-order valence-corrected chi connectivity index (χ0v) is 10.6. The molecule has 1 aromatic carbocycles. The number of pyridine rings is 1. The minimum absolute atomic E-state index is 0.464. The Morgan fingerprint density at radius 1 is 1.10 bits per heavy atom. The summed E-state index contributed by atoms with van der Waals surface area (Å²) in [6.07, 6.45) is 4.65. The van der Waals surface area contributed by atoms with Gasteiger partial charge in [0.15, 0.2) is 6.29 Å². The smallest absolute Gasteiger partial charge is 0.170 e. The number of carbonyl (C=O) groups is 1. The quantitative estimate of drug-likeness (QED) is 0.563. The lowest BCUT2D eigenvalue weighted by atomic mass is 10.1. The zero-order valence-electron chi connectivity index (χ0n) is 10.6. The molecule has 0 fully saturated rings. The third-order valence-corrected chi connectivity index (χ3v) is 3.52. The number of hydrogen-bond donors (Lipinski definition) is 1. The summed E-state index contributed by atoms with van der Waals surface area (Å²) in [5.41, 5.74) is 3.34. The molecule has 0 aliphatic carbocycles. The summed E-state index contributed by atoms with van der Waals surface area (Å²) < 4.78 is 1.94. The first-order chi connectivity index (χ1) is 9.88. The van der Waals surface area contributed by atoms with Crippen LogP contribution in [-0.4, -0.2) is 20.7 Å². The second kappa shape index (κ2) is 4.06. The van der Waals surface area contributed by atoms with E-state index < -0.39 is 0 Å². The van der Waals surface area contributed by atoms with E-state index in [0.29, 0.717) is 5.69 Å². The zero-order chi connectivity index (χ0) is 13.5. The van der Waals surface area contributed by atoms with Crippen LogP contribution in [0.1, 0.15) is 10.5 Å². The molecule has 0 saturated carbocycles. The number of H-pyrrole nitrogens is 1. The fraction of sp³-hybridized carbons (Fsp3) is 0. The number of hydrogen-bond acceptors (Lipinski definition) is 2. The molecular formula is C16H11N3O. The number of aldehydes is 1. The van der Waals surface area contributed by atoms with Gasteiger partial charge in [-0.05, 0) is 18.2 Å². The van der Waals surface area contributed by atoms with Gasteiger partial charge in [-0.15, -0.1) is 0 Å². The first-order valence-electron chi connectivity index (χ1n) is 6.37. The largest absolute Gasteiger partial charge is 0.360 e. The molecule has 96 valence electrons. The van der Waals surface area contributed by atoms with Crippen LogP contribution in [0.4, 0.5) is 0 Å². The van der Waals surface area contributed by atoms with Gasteiger partial charge in [-0.25, -0.2) is 4.98 Å². The number of benzene rings is 1. The van der Waals surface area contributed by atoms with Gasteiger partial charge < -0.3 is 4.98 Å². The fourth-order valence-electron chi connectivity index (χ4n) is 2.60. The number of nitrogens with one attached hydrogen (secondary N) is 1. The van der Waals surface area contributed by atoms with E-state index in [1.165, 1.54) is 0 Å². The second-order valence-electron chi connectivity index (χ2n) is 4.64. The van der Waals surface area contributed by atoms with Gasteiger partial charge in [-0.1, -0.05) is 24.3 Å². The molecule has 0 unspecified atom stereocenters. The maximum Gasteiger partial charge on any atom is 0.170 e. The van der Waals surface area contributed by atoms with Crippen molar-refractivity contribution in [2.75, 3.05) is 0 Å². The maximum atomic E-state index is 11.2. The Kier molecular flexibility index (Phi) is 2.23. The maximum absolute atomic E-state index is 11.2. The third-order valence-electron chi connectivity index (χ3n) is 3.52. The van der Waals surface area contributed by atoms with Gasteiger partial charge in [0.1, 0.15) is 11.5 Å². The molecule has 3 heterocycles. The van der Waals surface area contributed by atoms with Gasteiger partial charge in [-0.2, -0.15) is 0 Å². The molecule has 0 radical (unpaired) electrons. The highest BCUT2D eigenvalue weighted by atomic mass is 16.1. The van der Waals surface area contributed by atoms with Crippen molar-refractivity contribution in [1.29, 1.82) is 0 Å². The molecule has 4 rings (SSSR count). The molecule has 4 nitrogen and oxygen atoms in total. The number of fused-ring (bicyclic) bond motifs is 2. The molecule has 0 aliphatic rings. The molecule has 4 aromatic rings. The summed E-state index contributed by atoms with van der Waals surface area (Å²) in [5, 5.41) is 1.10. The highest BCUT2D eigenvalue weighted by Crippen LogP contribution is 2.29. The lowest BCUT2D eigenvalue weighted by Crippen LogP contribution is -1.87. The van der Waals surface area contributed by atoms with Gasteiger partial charge in [0.05, 0.1) is 5.52 Å². The molecule has 0 aliphatic heterocycles. The molecule has 0 bridgehead atoms. The molecule has 0 amide bonds. The van der Waals surface area contributed by atoms with Crippen LogP contribution in [-0.2, 0) is 0 Å². The SMILES string of the molecule is O=Cc1nc(-c2c[nH]c3ccccc23)n2ccccc12. The average molecular weight is 261 g/mol. The highest BCUT2D eigenvalue weighted by Gasteiger charge is 2.14. The van der Waals surface area contributed by atoms with Crippen molar-refractivity contribution in [3.63, 3.8) is 0 Å². The molecule has 3 aromatic heterocycles. The minimum atomic E-state index is 0.464. The first-order valence-corrected chi connectivity index (χ1v) is 6.37. The highest BCUT2D eigenvalue weighted by molar-refractivity contribution is 5.96. The predicted molar refractivity (Wildman–Crippen MR) is 77.9 cm³/mol. The Hall–Kier alpha value is -2.88. The van der Waals surface area contributed by atoms with Gasteiger partial charge in [0.25, 0.3) is 0 Å². The minimum Gasteiger partial charge on any atom is -0.360 e. The van der Waals surface area contributed by atoms with Crippen molar-refractivity contribution in [2.45, 2.75) is 0 Å². The normalized spacial score (nSPS) is 11.2. The lowest BCUT2D eigenvalue weighted by molar-refractivity contribution is 0.112. The number of para-hydroxylation sites is 1. The van der Waals surface area contributed by atoms with E-state index in [1.54, 1.807) is 0 Å². The van der Waals surface area contributed by atoms with Gasteiger partial charge in [0, 0.05) is 28.9 Å². The Morgan fingerprint density at radius 2 is 1.95 bits per heavy atom. The molecule has 0 spiro atoms. The van der Waals surface area contributed by atoms with E-state index in [1.807, 2.05) is 59.3 Å². The van der Waals surface area contributed by atoms with Crippen molar-refractivity contribution < 1.29 is 4.79 Å².